The molecule has 0 saturated carbocycles. The molecule has 1 unspecified atom stereocenters. The van der Waals surface area contributed by atoms with Gasteiger partial charge in [-0.15, -0.1) is 0 Å². The molecule has 2 amide bonds. The van der Waals surface area contributed by atoms with Gasteiger partial charge in [0.2, 0.25) is 11.8 Å². The van der Waals surface area contributed by atoms with Gasteiger partial charge in [0.25, 0.3) is 0 Å². The number of carboxylic acid groups (broad SMARTS) is 1. The predicted octanol–water partition coefficient (Wildman–Crippen LogP) is 2.50. The van der Waals surface area contributed by atoms with Crippen LogP contribution in [0.3, 0.4) is 0 Å². The first kappa shape index (κ1) is 19.2. The Morgan fingerprint density at radius 3 is 2.08 bits per heavy atom. The summed E-state index contributed by atoms with van der Waals surface area (Å²) in [5.74, 6) is -1.86. The lowest BCUT2D eigenvalue weighted by Gasteiger charge is -2.20. The molecule has 0 aromatic heterocycles. The first-order valence-electron chi connectivity index (χ1n) is 8.27. The number of carbonyl (C=O) groups excluding carboxylic acids is 2. The quantitative estimate of drug-likeness (QED) is 0.712. The number of hydrogen-bond donors (Lipinski definition) is 3. The van der Waals surface area contributed by atoms with Gasteiger partial charge in [-0.3, -0.25) is 9.59 Å². The molecule has 0 saturated heterocycles. The smallest absolute Gasteiger partial charge is 0.330 e. The van der Waals surface area contributed by atoms with E-state index in [1.807, 2.05) is 31.2 Å². The fraction of sp³-hybridized carbons (Fsp3) is 0.250. The summed E-state index contributed by atoms with van der Waals surface area (Å²) in [6, 6.07) is 14.3. The Hall–Kier alpha value is -3.15. The van der Waals surface area contributed by atoms with E-state index < -0.39 is 24.0 Å². The molecule has 0 aliphatic heterocycles. The third-order valence-corrected chi connectivity index (χ3v) is 3.93. The minimum absolute atomic E-state index is 0.0563. The van der Waals surface area contributed by atoms with Gasteiger partial charge in [-0.2, -0.15) is 0 Å². The number of carbonyl (C=O) groups is 3. The van der Waals surface area contributed by atoms with Crippen LogP contribution in [0.2, 0.25) is 0 Å². The van der Waals surface area contributed by atoms with Crippen LogP contribution in [-0.2, 0) is 14.4 Å². The summed E-state index contributed by atoms with van der Waals surface area (Å²) in [6.45, 7) is 3.32. The number of nitrogens with one attached hydrogen (secondary N) is 2. The largest absolute Gasteiger partial charge is 0.479 e. The molecule has 2 atom stereocenters. The summed E-state index contributed by atoms with van der Waals surface area (Å²) in [5.41, 5.74) is 2.34. The number of aryl methyl sites for hydroxylation is 1. The summed E-state index contributed by atoms with van der Waals surface area (Å²) in [7, 11) is 0. The third-order valence-electron chi connectivity index (χ3n) is 3.93. The zero-order valence-corrected chi connectivity index (χ0v) is 14.7. The normalized spacial score (nSPS) is 12.7. The molecule has 3 N–H and O–H groups in total. The lowest BCUT2D eigenvalue weighted by Crippen LogP contribution is -2.37. The van der Waals surface area contributed by atoms with Gasteiger partial charge in [0.05, 0.1) is 12.5 Å². The minimum Gasteiger partial charge on any atom is -0.479 e. The summed E-state index contributed by atoms with van der Waals surface area (Å²) in [4.78, 5) is 35.5. The highest BCUT2D eigenvalue weighted by Crippen LogP contribution is 2.19. The van der Waals surface area contributed by atoms with E-state index in [4.69, 9.17) is 0 Å². The molecule has 0 aliphatic rings. The molecule has 0 fully saturated rings. The van der Waals surface area contributed by atoms with E-state index in [-0.39, 0.29) is 12.3 Å². The van der Waals surface area contributed by atoms with E-state index in [1.165, 1.54) is 6.92 Å². The van der Waals surface area contributed by atoms with Crippen LogP contribution in [0.25, 0.3) is 0 Å². The zero-order valence-electron chi connectivity index (χ0n) is 14.7. The molecule has 0 spiro atoms. The first-order valence-corrected chi connectivity index (χ1v) is 8.27. The Morgan fingerprint density at radius 2 is 1.54 bits per heavy atom. The monoisotopic (exact) mass is 354 g/mol. The highest BCUT2D eigenvalue weighted by molar-refractivity contribution is 5.85. The Kier molecular flexibility index (Phi) is 6.49. The second-order valence-corrected chi connectivity index (χ2v) is 6.12. The molecule has 0 radical (unpaired) electrons. The van der Waals surface area contributed by atoms with E-state index in [2.05, 4.69) is 10.6 Å². The van der Waals surface area contributed by atoms with Crippen molar-refractivity contribution in [1.82, 2.24) is 10.6 Å². The molecule has 6 heteroatoms. The van der Waals surface area contributed by atoms with Gasteiger partial charge in [-0.05, 0) is 18.1 Å². The van der Waals surface area contributed by atoms with Crippen molar-refractivity contribution < 1.29 is 19.5 Å². The van der Waals surface area contributed by atoms with E-state index in [0.717, 1.165) is 11.1 Å². The van der Waals surface area contributed by atoms with E-state index in [1.54, 1.807) is 30.3 Å². The fourth-order valence-electron chi connectivity index (χ4n) is 2.63. The van der Waals surface area contributed by atoms with Crippen LogP contribution in [-0.4, -0.2) is 22.9 Å². The average molecular weight is 354 g/mol. The summed E-state index contributed by atoms with van der Waals surface area (Å²) >= 11 is 0. The number of carboxylic acids is 1. The van der Waals surface area contributed by atoms with Crippen molar-refractivity contribution in [1.29, 1.82) is 0 Å². The maximum absolute atomic E-state index is 12.4. The highest BCUT2D eigenvalue weighted by Gasteiger charge is 2.24. The Morgan fingerprint density at radius 1 is 0.923 bits per heavy atom. The molecule has 0 aliphatic carbocycles. The van der Waals surface area contributed by atoms with Gasteiger partial charge in [-0.25, -0.2) is 4.79 Å². The molecule has 26 heavy (non-hydrogen) atoms. The van der Waals surface area contributed by atoms with Gasteiger partial charge in [0.1, 0.15) is 0 Å². The van der Waals surface area contributed by atoms with Crippen molar-refractivity contribution in [3.8, 4) is 0 Å². The SMILES string of the molecule is CC(=O)NC(CC(=O)N[C@@H](C(=O)O)c1ccccc1)c1ccc(C)cc1. The van der Waals surface area contributed by atoms with E-state index in [0.29, 0.717) is 5.56 Å². The van der Waals surface area contributed by atoms with Crippen LogP contribution in [0.5, 0.6) is 0 Å². The van der Waals surface area contributed by atoms with Crippen LogP contribution in [0.15, 0.2) is 54.6 Å². The Labute approximate surface area is 152 Å². The minimum atomic E-state index is -1.14. The highest BCUT2D eigenvalue weighted by atomic mass is 16.4. The number of hydrogen-bond acceptors (Lipinski definition) is 3. The molecule has 136 valence electrons. The van der Waals surface area contributed by atoms with Crippen molar-refractivity contribution in [2.45, 2.75) is 32.4 Å². The maximum Gasteiger partial charge on any atom is 0.330 e. The predicted molar refractivity (Wildman–Crippen MR) is 97.3 cm³/mol. The Bertz CT molecular complexity index is 772. The van der Waals surface area contributed by atoms with Gasteiger partial charge in [0.15, 0.2) is 6.04 Å². The third kappa shape index (κ3) is 5.44. The summed E-state index contributed by atoms with van der Waals surface area (Å²) in [5, 5.41) is 14.7. The van der Waals surface area contributed by atoms with Crippen molar-refractivity contribution in [3.63, 3.8) is 0 Å². The van der Waals surface area contributed by atoms with Crippen LogP contribution in [0, 0.1) is 6.92 Å². The van der Waals surface area contributed by atoms with Gasteiger partial charge in [-0.1, -0.05) is 60.2 Å². The van der Waals surface area contributed by atoms with Crippen molar-refractivity contribution in [3.05, 3.63) is 71.3 Å². The zero-order chi connectivity index (χ0) is 19.1. The molecule has 2 aromatic carbocycles. The first-order chi connectivity index (χ1) is 12.4. The van der Waals surface area contributed by atoms with E-state index in [9.17, 15) is 19.5 Å². The van der Waals surface area contributed by atoms with Crippen LogP contribution < -0.4 is 10.6 Å². The molecule has 6 nitrogen and oxygen atoms in total. The summed E-state index contributed by atoms with van der Waals surface area (Å²) in [6.07, 6.45) is -0.0563. The maximum atomic E-state index is 12.4. The fourth-order valence-corrected chi connectivity index (χ4v) is 2.63. The van der Waals surface area contributed by atoms with Crippen molar-refractivity contribution >= 4 is 17.8 Å². The number of benzene rings is 2. The number of rotatable bonds is 7. The lowest BCUT2D eigenvalue weighted by atomic mass is 10.0. The summed E-state index contributed by atoms with van der Waals surface area (Å²) < 4.78 is 0. The molecular formula is C20H22N2O4. The second-order valence-electron chi connectivity index (χ2n) is 6.12. The van der Waals surface area contributed by atoms with Crippen LogP contribution in [0.4, 0.5) is 0 Å². The molecular weight excluding hydrogens is 332 g/mol. The number of amides is 2. The van der Waals surface area contributed by atoms with Gasteiger partial charge in [0, 0.05) is 6.92 Å². The van der Waals surface area contributed by atoms with Gasteiger partial charge < -0.3 is 15.7 Å². The van der Waals surface area contributed by atoms with Crippen molar-refractivity contribution in [2.24, 2.45) is 0 Å². The Balaban J connectivity index is 2.14. The number of aliphatic carboxylic acids is 1. The van der Waals surface area contributed by atoms with Crippen molar-refractivity contribution in [2.75, 3.05) is 0 Å². The topological polar surface area (TPSA) is 95.5 Å². The molecule has 0 bridgehead atoms. The van der Waals surface area contributed by atoms with E-state index >= 15 is 0 Å². The van der Waals surface area contributed by atoms with Crippen LogP contribution >= 0.6 is 0 Å². The molecule has 2 rings (SSSR count). The van der Waals surface area contributed by atoms with Crippen LogP contribution in [0.1, 0.15) is 42.1 Å². The second kappa shape index (κ2) is 8.80. The average Bonchev–Trinajstić information content (AvgIpc) is 2.60. The lowest BCUT2D eigenvalue weighted by molar-refractivity contribution is -0.142. The standard InChI is InChI=1S/C20H22N2O4/c1-13-8-10-15(11-9-13)17(21-14(2)23)12-18(24)22-19(20(25)26)16-6-4-3-5-7-16/h3-11,17,19H,12H2,1-2H3,(H,21,23)(H,22,24)(H,25,26)/t17?,19-/m1/s1. The molecule has 0 heterocycles. The molecule has 2 aromatic rings. The van der Waals surface area contributed by atoms with Gasteiger partial charge >= 0.3 is 5.97 Å².